The quantitative estimate of drug-likeness (QED) is 0.837. The molecule has 0 amide bonds. The highest BCUT2D eigenvalue weighted by atomic mass is 19.4. The van der Waals surface area contributed by atoms with Gasteiger partial charge in [-0.2, -0.15) is 13.2 Å². The average Bonchev–Trinajstić information content (AvgIpc) is 2.17. The van der Waals surface area contributed by atoms with Crippen molar-refractivity contribution in [1.82, 2.24) is 0 Å². The van der Waals surface area contributed by atoms with E-state index in [-0.39, 0.29) is 12.1 Å². The van der Waals surface area contributed by atoms with Gasteiger partial charge in [-0.15, -0.1) is 0 Å². The summed E-state index contributed by atoms with van der Waals surface area (Å²) >= 11 is 0. The highest BCUT2D eigenvalue weighted by Crippen LogP contribution is 2.30. The number of benzene rings is 1. The summed E-state index contributed by atoms with van der Waals surface area (Å²) in [7, 11) is 0. The number of carboxylic acid groups (broad SMARTS) is 1. The molecule has 1 aromatic rings. The largest absolute Gasteiger partial charge is 0.481 e. The van der Waals surface area contributed by atoms with Crippen molar-refractivity contribution in [1.29, 1.82) is 0 Å². The molecule has 1 atom stereocenters. The first-order valence-corrected chi connectivity index (χ1v) is 4.46. The summed E-state index contributed by atoms with van der Waals surface area (Å²) in [6.07, 6.45) is -4.42. The van der Waals surface area contributed by atoms with E-state index in [9.17, 15) is 18.0 Å². The average molecular weight is 233 g/mol. The molecular formula is C10H10F3NO2. The summed E-state index contributed by atoms with van der Waals surface area (Å²) in [5.74, 6) is -2.12. The van der Waals surface area contributed by atoms with Crippen LogP contribution < -0.4 is 5.73 Å². The van der Waals surface area contributed by atoms with E-state index in [4.69, 9.17) is 10.8 Å². The number of hydrogen-bond donors (Lipinski definition) is 2. The van der Waals surface area contributed by atoms with Crippen LogP contribution in [0.25, 0.3) is 0 Å². The molecule has 0 aliphatic heterocycles. The lowest BCUT2D eigenvalue weighted by Gasteiger charge is -2.11. The summed E-state index contributed by atoms with van der Waals surface area (Å²) in [6, 6.07) is 3.96. The van der Waals surface area contributed by atoms with Crippen molar-refractivity contribution >= 4 is 5.97 Å². The molecule has 1 aromatic carbocycles. The summed E-state index contributed by atoms with van der Waals surface area (Å²) in [5.41, 5.74) is 4.69. The minimum atomic E-state index is -4.42. The topological polar surface area (TPSA) is 63.3 Å². The van der Waals surface area contributed by atoms with Crippen molar-refractivity contribution < 1.29 is 23.1 Å². The first-order valence-electron chi connectivity index (χ1n) is 4.46. The van der Waals surface area contributed by atoms with Gasteiger partial charge in [0, 0.05) is 6.54 Å². The zero-order valence-corrected chi connectivity index (χ0v) is 8.16. The second-order valence-electron chi connectivity index (χ2n) is 3.25. The molecule has 0 aromatic heterocycles. The lowest BCUT2D eigenvalue weighted by Crippen LogP contribution is -2.21. The van der Waals surface area contributed by atoms with Crippen LogP contribution in [0.2, 0.25) is 0 Å². The highest BCUT2D eigenvalue weighted by Gasteiger charge is 2.30. The molecule has 0 aliphatic rings. The molecule has 0 aliphatic carbocycles. The van der Waals surface area contributed by atoms with Gasteiger partial charge in [-0.1, -0.05) is 12.1 Å². The van der Waals surface area contributed by atoms with Gasteiger partial charge >= 0.3 is 12.1 Å². The van der Waals surface area contributed by atoms with E-state index in [1.165, 1.54) is 0 Å². The third kappa shape index (κ3) is 2.73. The first-order chi connectivity index (χ1) is 7.36. The number of nitrogens with two attached hydrogens (primary N) is 1. The fourth-order valence-electron chi connectivity index (χ4n) is 1.28. The van der Waals surface area contributed by atoms with Crippen molar-refractivity contribution in [2.75, 3.05) is 6.54 Å². The molecular weight excluding hydrogens is 223 g/mol. The molecule has 0 saturated carbocycles. The molecule has 6 heteroatoms. The molecule has 0 saturated heterocycles. The van der Waals surface area contributed by atoms with Gasteiger partial charge in [-0.25, -0.2) is 0 Å². The van der Waals surface area contributed by atoms with Gasteiger partial charge in [-0.3, -0.25) is 4.79 Å². The van der Waals surface area contributed by atoms with Gasteiger partial charge in [0.15, 0.2) is 0 Å². The minimum absolute atomic E-state index is 0.152. The van der Waals surface area contributed by atoms with Crippen LogP contribution in [0.1, 0.15) is 17.0 Å². The maximum Gasteiger partial charge on any atom is 0.416 e. The van der Waals surface area contributed by atoms with Crippen LogP contribution in [0.5, 0.6) is 0 Å². The highest BCUT2D eigenvalue weighted by molar-refractivity contribution is 5.76. The van der Waals surface area contributed by atoms with Crippen LogP contribution in [0, 0.1) is 0 Å². The molecule has 0 bridgehead atoms. The summed E-state index contributed by atoms with van der Waals surface area (Å²) in [4.78, 5) is 10.7. The van der Waals surface area contributed by atoms with E-state index < -0.39 is 23.6 Å². The lowest BCUT2D eigenvalue weighted by molar-refractivity contribution is -0.138. The second-order valence-corrected chi connectivity index (χ2v) is 3.25. The Labute approximate surface area is 89.7 Å². The molecule has 0 radical (unpaired) electrons. The van der Waals surface area contributed by atoms with Crippen LogP contribution in [-0.4, -0.2) is 17.6 Å². The van der Waals surface area contributed by atoms with Crippen LogP contribution in [0.4, 0.5) is 13.2 Å². The third-order valence-electron chi connectivity index (χ3n) is 2.17. The Balaban J connectivity index is 2.98. The van der Waals surface area contributed by atoms with E-state index in [1.54, 1.807) is 0 Å². The molecule has 0 spiro atoms. The molecule has 0 fully saturated rings. The molecule has 3 N–H and O–H groups in total. The van der Waals surface area contributed by atoms with E-state index in [1.807, 2.05) is 0 Å². The zero-order valence-electron chi connectivity index (χ0n) is 8.16. The number of carbonyl (C=O) groups is 1. The molecule has 3 nitrogen and oxygen atoms in total. The number of carboxylic acids is 1. The van der Waals surface area contributed by atoms with Crippen molar-refractivity contribution in [2.24, 2.45) is 5.73 Å². The number of halogens is 3. The molecule has 0 unspecified atom stereocenters. The zero-order chi connectivity index (χ0) is 12.3. The molecule has 16 heavy (non-hydrogen) atoms. The number of rotatable bonds is 3. The SMILES string of the molecule is NC[C@@H](C(=O)O)c1ccc(C(F)(F)F)cc1. The fourth-order valence-corrected chi connectivity index (χ4v) is 1.28. The van der Waals surface area contributed by atoms with E-state index in [0.29, 0.717) is 0 Å². The van der Waals surface area contributed by atoms with Crippen molar-refractivity contribution in [2.45, 2.75) is 12.1 Å². The van der Waals surface area contributed by atoms with Crippen molar-refractivity contribution in [3.63, 3.8) is 0 Å². The van der Waals surface area contributed by atoms with E-state index in [2.05, 4.69) is 0 Å². The van der Waals surface area contributed by atoms with E-state index in [0.717, 1.165) is 24.3 Å². The number of hydrogen-bond acceptors (Lipinski definition) is 2. The Bertz CT molecular complexity index is 373. The van der Waals surface area contributed by atoms with Crippen LogP contribution in [0.3, 0.4) is 0 Å². The number of alkyl halides is 3. The Hall–Kier alpha value is -1.56. The maximum atomic E-state index is 12.2. The van der Waals surface area contributed by atoms with Gasteiger partial charge in [0.2, 0.25) is 0 Å². The molecule has 1 rings (SSSR count). The Kier molecular flexibility index (Phi) is 3.54. The van der Waals surface area contributed by atoms with E-state index >= 15 is 0 Å². The van der Waals surface area contributed by atoms with Crippen LogP contribution in [0.15, 0.2) is 24.3 Å². The predicted molar refractivity (Wildman–Crippen MR) is 50.9 cm³/mol. The Morgan fingerprint density at radius 2 is 1.81 bits per heavy atom. The smallest absolute Gasteiger partial charge is 0.416 e. The van der Waals surface area contributed by atoms with Gasteiger partial charge in [-0.05, 0) is 17.7 Å². The Morgan fingerprint density at radius 3 is 2.12 bits per heavy atom. The molecule has 0 heterocycles. The van der Waals surface area contributed by atoms with Gasteiger partial charge < -0.3 is 10.8 Å². The standard InChI is InChI=1S/C10H10F3NO2/c11-10(12,13)7-3-1-6(2-4-7)8(5-14)9(15)16/h1-4,8H,5,14H2,(H,15,16)/t8-/m1/s1. The fraction of sp³-hybridized carbons (Fsp3) is 0.300. The second kappa shape index (κ2) is 4.52. The molecule has 88 valence electrons. The number of aliphatic carboxylic acids is 1. The lowest BCUT2D eigenvalue weighted by atomic mass is 9.98. The normalized spacial score (nSPS) is 13.5. The van der Waals surface area contributed by atoms with Crippen molar-refractivity contribution in [3.05, 3.63) is 35.4 Å². The summed E-state index contributed by atoms with van der Waals surface area (Å²) in [6.45, 7) is -0.152. The van der Waals surface area contributed by atoms with Crippen molar-refractivity contribution in [3.8, 4) is 0 Å². The van der Waals surface area contributed by atoms with Crippen LogP contribution >= 0.6 is 0 Å². The monoisotopic (exact) mass is 233 g/mol. The maximum absolute atomic E-state index is 12.2. The summed E-state index contributed by atoms with van der Waals surface area (Å²) < 4.78 is 36.7. The Morgan fingerprint density at radius 1 is 1.31 bits per heavy atom. The van der Waals surface area contributed by atoms with Gasteiger partial charge in [0.05, 0.1) is 11.5 Å². The first kappa shape index (κ1) is 12.5. The predicted octanol–water partition coefficient (Wildman–Crippen LogP) is 1.83. The van der Waals surface area contributed by atoms with Crippen LogP contribution in [-0.2, 0) is 11.0 Å². The third-order valence-corrected chi connectivity index (χ3v) is 2.17. The minimum Gasteiger partial charge on any atom is -0.481 e. The van der Waals surface area contributed by atoms with Gasteiger partial charge in [0.25, 0.3) is 0 Å². The van der Waals surface area contributed by atoms with Gasteiger partial charge in [0.1, 0.15) is 0 Å². The summed E-state index contributed by atoms with van der Waals surface area (Å²) in [5, 5.41) is 8.75.